The molecule has 0 aliphatic carbocycles. The summed E-state index contributed by atoms with van der Waals surface area (Å²) in [6.07, 6.45) is 3.41. The number of nitrogens with zero attached hydrogens (tertiary/aromatic N) is 1. The molecule has 1 fully saturated rings. The molecule has 1 aromatic carbocycles. The second kappa shape index (κ2) is 6.18. The van der Waals surface area contributed by atoms with E-state index >= 15 is 0 Å². The van der Waals surface area contributed by atoms with Crippen LogP contribution in [0.15, 0.2) is 18.2 Å². The zero-order valence-electron chi connectivity index (χ0n) is 13.1. The standard InChI is InChI=1S/C18H25NO2/c1-13-5-6-17-16(10-13)18(20)15(7-9-21-17)12-19-8-3-4-14(2)11-19/h5-6,10,14-15H,3-4,7-9,11-12H2,1-2H3. The van der Waals surface area contributed by atoms with E-state index in [0.29, 0.717) is 6.61 Å². The average molecular weight is 287 g/mol. The Kier molecular flexibility index (Phi) is 4.29. The van der Waals surface area contributed by atoms with Crippen molar-refractivity contribution in [1.29, 1.82) is 0 Å². The average Bonchev–Trinajstić information content (AvgIpc) is 2.60. The van der Waals surface area contributed by atoms with Crippen molar-refractivity contribution in [2.45, 2.75) is 33.1 Å². The van der Waals surface area contributed by atoms with Crippen LogP contribution in [0.2, 0.25) is 0 Å². The Morgan fingerprint density at radius 3 is 3.00 bits per heavy atom. The highest BCUT2D eigenvalue weighted by molar-refractivity contribution is 6.00. The fourth-order valence-electron chi connectivity index (χ4n) is 3.56. The Balaban J connectivity index is 1.75. The van der Waals surface area contributed by atoms with Crippen LogP contribution < -0.4 is 4.74 Å². The SMILES string of the molecule is Cc1ccc2c(c1)C(=O)C(CN1CCCC(C)C1)CCO2. The van der Waals surface area contributed by atoms with Crippen LogP contribution in [-0.4, -0.2) is 36.9 Å². The number of ketones is 1. The van der Waals surface area contributed by atoms with Gasteiger partial charge in [0.25, 0.3) is 0 Å². The molecule has 0 spiro atoms. The first kappa shape index (κ1) is 14.6. The summed E-state index contributed by atoms with van der Waals surface area (Å²) in [5.74, 6) is 1.87. The van der Waals surface area contributed by atoms with Gasteiger partial charge in [0.15, 0.2) is 5.78 Å². The van der Waals surface area contributed by atoms with E-state index in [-0.39, 0.29) is 11.7 Å². The molecule has 0 bridgehead atoms. The number of carbonyl (C=O) groups is 1. The van der Waals surface area contributed by atoms with Crippen molar-refractivity contribution in [3.8, 4) is 5.75 Å². The van der Waals surface area contributed by atoms with E-state index in [1.165, 1.54) is 12.8 Å². The quantitative estimate of drug-likeness (QED) is 0.836. The van der Waals surface area contributed by atoms with Crippen molar-refractivity contribution in [3.63, 3.8) is 0 Å². The van der Waals surface area contributed by atoms with Crippen molar-refractivity contribution in [2.24, 2.45) is 11.8 Å². The van der Waals surface area contributed by atoms with E-state index < -0.39 is 0 Å². The summed E-state index contributed by atoms with van der Waals surface area (Å²) in [6, 6.07) is 5.93. The van der Waals surface area contributed by atoms with Gasteiger partial charge in [0.1, 0.15) is 5.75 Å². The molecule has 3 heteroatoms. The van der Waals surface area contributed by atoms with E-state index in [2.05, 4.69) is 11.8 Å². The smallest absolute Gasteiger partial charge is 0.171 e. The number of hydrogen-bond donors (Lipinski definition) is 0. The maximum atomic E-state index is 12.8. The van der Waals surface area contributed by atoms with Crippen molar-refractivity contribution in [2.75, 3.05) is 26.2 Å². The summed E-state index contributed by atoms with van der Waals surface area (Å²) >= 11 is 0. The van der Waals surface area contributed by atoms with Crippen LogP contribution >= 0.6 is 0 Å². The molecule has 2 atom stereocenters. The summed E-state index contributed by atoms with van der Waals surface area (Å²) in [7, 11) is 0. The van der Waals surface area contributed by atoms with E-state index in [1.807, 2.05) is 25.1 Å². The molecule has 0 N–H and O–H groups in total. The maximum absolute atomic E-state index is 12.8. The Hall–Kier alpha value is -1.35. The largest absolute Gasteiger partial charge is 0.493 e. The molecular formula is C18H25NO2. The first-order valence-electron chi connectivity index (χ1n) is 8.13. The molecule has 0 saturated carbocycles. The van der Waals surface area contributed by atoms with E-state index in [9.17, 15) is 4.79 Å². The number of benzene rings is 1. The minimum absolute atomic E-state index is 0.0818. The Bertz CT molecular complexity index is 526. The van der Waals surface area contributed by atoms with Crippen molar-refractivity contribution in [3.05, 3.63) is 29.3 Å². The summed E-state index contributed by atoms with van der Waals surface area (Å²) in [5.41, 5.74) is 1.90. The van der Waals surface area contributed by atoms with Crippen LogP contribution in [0.5, 0.6) is 5.75 Å². The third kappa shape index (κ3) is 3.29. The Morgan fingerprint density at radius 2 is 2.19 bits per heavy atom. The van der Waals surface area contributed by atoms with Gasteiger partial charge in [0, 0.05) is 19.0 Å². The number of aryl methyl sites for hydroxylation is 1. The molecule has 2 aliphatic heterocycles. The normalized spacial score (nSPS) is 26.9. The molecule has 1 saturated heterocycles. The zero-order chi connectivity index (χ0) is 14.8. The molecule has 3 rings (SSSR count). The minimum atomic E-state index is 0.0818. The van der Waals surface area contributed by atoms with Gasteiger partial charge in [-0.25, -0.2) is 0 Å². The van der Waals surface area contributed by atoms with Crippen molar-refractivity contribution in [1.82, 2.24) is 4.90 Å². The molecule has 2 unspecified atom stereocenters. The highest BCUT2D eigenvalue weighted by atomic mass is 16.5. The van der Waals surface area contributed by atoms with Gasteiger partial charge in [0.05, 0.1) is 12.2 Å². The lowest BCUT2D eigenvalue weighted by Gasteiger charge is -2.32. The van der Waals surface area contributed by atoms with Gasteiger partial charge in [-0.3, -0.25) is 4.79 Å². The van der Waals surface area contributed by atoms with Gasteiger partial charge in [-0.2, -0.15) is 0 Å². The highest BCUT2D eigenvalue weighted by Gasteiger charge is 2.29. The summed E-state index contributed by atoms with van der Waals surface area (Å²) < 4.78 is 5.78. The third-order valence-corrected chi connectivity index (χ3v) is 4.71. The second-order valence-electron chi connectivity index (χ2n) is 6.70. The topological polar surface area (TPSA) is 29.5 Å². The number of rotatable bonds is 2. The van der Waals surface area contributed by atoms with Gasteiger partial charge in [-0.05, 0) is 50.8 Å². The first-order chi connectivity index (χ1) is 10.1. The molecule has 0 radical (unpaired) electrons. The van der Waals surface area contributed by atoms with E-state index in [0.717, 1.165) is 48.8 Å². The minimum Gasteiger partial charge on any atom is -0.493 e. The van der Waals surface area contributed by atoms with Crippen LogP contribution in [0, 0.1) is 18.8 Å². The number of carbonyl (C=O) groups excluding carboxylic acids is 1. The summed E-state index contributed by atoms with van der Waals surface area (Å²) in [5, 5.41) is 0. The lowest BCUT2D eigenvalue weighted by atomic mass is 9.92. The summed E-state index contributed by atoms with van der Waals surface area (Å²) in [4.78, 5) is 15.3. The Labute approximate surface area is 127 Å². The fourth-order valence-corrected chi connectivity index (χ4v) is 3.56. The summed E-state index contributed by atoms with van der Waals surface area (Å²) in [6.45, 7) is 8.14. The van der Waals surface area contributed by atoms with Gasteiger partial charge in [-0.1, -0.05) is 18.6 Å². The molecule has 2 heterocycles. The molecule has 3 nitrogen and oxygen atoms in total. The first-order valence-corrected chi connectivity index (χ1v) is 8.13. The molecular weight excluding hydrogens is 262 g/mol. The number of hydrogen-bond acceptors (Lipinski definition) is 3. The van der Waals surface area contributed by atoms with E-state index in [1.54, 1.807) is 0 Å². The molecule has 21 heavy (non-hydrogen) atoms. The van der Waals surface area contributed by atoms with Crippen LogP contribution in [0.3, 0.4) is 0 Å². The molecule has 0 aromatic heterocycles. The third-order valence-electron chi connectivity index (χ3n) is 4.71. The molecule has 114 valence electrons. The van der Waals surface area contributed by atoms with Crippen LogP contribution in [-0.2, 0) is 0 Å². The monoisotopic (exact) mass is 287 g/mol. The predicted molar refractivity (Wildman–Crippen MR) is 83.9 cm³/mol. The van der Waals surface area contributed by atoms with Gasteiger partial charge in [-0.15, -0.1) is 0 Å². The van der Waals surface area contributed by atoms with Crippen LogP contribution in [0.25, 0.3) is 0 Å². The van der Waals surface area contributed by atoms with Crippen LogP contribution in [0.1, 0.15) is 42.1 Å². The van der Waals surface area contributed by atoms with Gasteiger partial charge < -0.3 is 9.64 Å². The number of piperidine rings is 1. The molecule has 1 aromatic rings. The lowest BCUT2D eigenvalue weighted by Crippen LogP contribution is -2.39. The Morgan fingerprint density at radius 1 is 1.33 bits per heavy atom. The van der Waals surface area contributed by atoms with Gasteiger partial charge >= 0.3 is 0 Å². The molecule has 2 aliphatic rings. The van der Waals surface area contributed by atoms with E-state index in [4.69, 9.17) is 4.74 Å². The van der Waals surface area contributed by atoms with Gasteiger partial charge in [0.2, 0.25) is 0 Å². The maximum Gasteiger partial charge on any atom is 0.171 e. The zero-order valence-corrected chi connectivity index (χ0v) is 13.1. The number of ether oxygens (including phenoxy) is 1. The number of fused-ring (bicyclic) bond motifs is 1. The lowest BCUT2D eigenvalue weighted by molar-refractivity contribution is 0.0839. The molecule has 0 amide bonds. The van der Waals surface area contributed by atoms with Crippen LogP contribution in [0.4, 0.5) is 0 Å². The van der Waals surface area contributed by atoms with Crippen molar-refractivity contribution >= 4 is 5.78 Å². The fraction of sp³-hybridized carbons (Fsp3) is 0.611. The second-order valence-corrected chi connectivity index (χ2v) is 6.70. The number of Topliss-reactive ketones (excluding diaryl/α,β-unsaturated/α-hetero) is 1. The van der Waals surface area contributed by atoms with Crippen molar-refractivity contribution < 1.29 is 9.53 Å². The predicted octanol–water partition coefficient (Wildman–Crippen LogP) is 3.31. The number of likely N-dealkylation sites (tertiary alicyclic amines) is 1. The highest BCUT2D eigenvalue weighted by Crippen LogP contribution is 2.29.